The van der Waals surface area contributed by atoms with Crippen LogP contribution in [0, 0.1) is 5.92 Å². The van der Waals surface area contributed by atoms with E-state index >= 15 is 0 Å². The molecule has 0 amide bonds. The molecule has 1 fully saturated rings. The molecule has 0 spiro atoms. The highest BCUT2D eigenvalue weighted by atomic mass is 15.4. The van der Waals surface area contributed by atoms with Gasteiger partial charge in [-0.3, -0.25) is 16.0 Å². The number of nitrogens with one attached hydrogen (secondary N) is 1. The molecule has 5 nitrogen and oxygen atoms in total. The summed E-state index contributed by atoms with van der Waals surface area (Å²) in [5, 5.41) is 7.88. The summed E-state index contributed by atoms with van der Waals surface area (Å²) < 4.78 is 1.78. The molecule has 0 bridgehead atoms. The predicted octanol–water partition coefficient (Wildman–Crippen LogP) is 1.12. The van der Waals surface area contributed by atoms with Gasteiger partial charge in [0.15, 0.2) is 0 Å². The Kier molecular flexibility index (Phi) is 2.85. The zero-order valence-electron chi connectivity index (χ0n) is 10.3. The Morgan fingerprint density at radius 3 is 2.78 bits per heavy atom. The van der Waals surface area contributed by atoms with Crippen molar-refractivity contribution in [2.45, 2.75) is 18.4 Å². The van der Waals surface area contributed by atoms with Crippen LogP contribution < -0.4 is 11.3 Å². The van der Waals surface area contributed by atoms with Crippen molar-refractivity contribution in [3.05, 3.63) is 47.8 Å². The van der Waals surface area contributed by atoms with Crippen LogP contribution in [0.1, 0.15) is 29.6 Å². The molecule has 1 heterocycles. The van der Waals surface area contributed by atoms with Gasteiger partial charge < -0.3 is 0 Å². The Hall–Kier alpha value is -1.72. The van der Waals surface area contributed by atoms with Crippen molar-refractivity contribution in [1.29, 1.82) is 0 Å². The van der Waals surface area contributed by atoms with Crippen molar-refractivity contribution in [1.82, 2.24) is 20.4 Å². The molecule has 1 aliphatic rings. The smallest absolute Gasteiger partial charge is 0.0769 e. The predicted molar refractivity (Wildman–Crippen MR) is 68.4 cm³/mol. The number of aryl methyl sites for hydroxylation is 1. The fourth-order valence-electron chi connectivity index (χ4n) is 2.67. The van der Waals surface area contributed by atoms with Gasteiger partial charge in [0.1, 0.15) is 0 Å². The molecule has 1 aromatic carbocycles. The first kappa shape index (κ1) is 11.4. The summed E-state index contributed by atoms with van der Waals surface area (Å²) in [4.78, 5) is 0. The largest absolute Gasteiger partial charge is 0.271 e. The average molecular weight is 243 g/mol. The molecule has 3 N–H and O–H groups in total. The molecule has 5 heteroatoms. The second kappa shape index (κ2) is 4.51. The molecule has 0 aliphatic heterocycles. The zero-order valence-corrected chi connectivity index (χ0v) is 10.3. The van der Waals surface area contributed by atoms with Gasteiger partial charge in [0.05, 0.1) is 17.9 Å². The fraction of sp³-hybridized carbons (Fsp3) is 0.385. The average Bonchev–Trinajstić information content (AvgIpc) is 3.08. The molecular weight excluding hydrogens is 226 g/mol. The number of hydrogen-bond acceptors (Lipinski definition) is 4. The fourth-order valence-corrected chi connectivity index (χ4v) is 2.67. The van der Waals surface area contributed by atoms with Gasteiger partial charge in [-0.15, -0.1) is 5.10 Å². The molecule has 1 aliphatic carbocycles. The van der Waals surface area contributed by atoms with Crippen molar-refractivity contribution < 1.29 is 0 Å². The number of hydrazine groups is 1. The van der Waals surface area contributed by atoms with Gasteiger partial charge in [-0.25, -0.2) is 0 Å². The van der Waals surface area contributed by atoms with E-state index in [9.17, 15) is 0 Å². The minimum absolute atomic E-state index is 0.121. The van der Waals surface area contributed by atoms with Gasteiger partial charge in [-0.2, -0.15) is 0 Å². The Morgan fingerprint density at radius 1 is 1.39 bits per heavy atom. The maximum absolute atomic E-state index is 5.70. The van der Waals surface area contributed by atoms with Gasteiger partial charge in [-0.05, 0) is 23.8 Å². The van der Waals surface area contributed by atoms with Crippen molar-refractivity contribution in [2.75, 3.05) is 0 Å². The van der Waals surface area contributed by atoms with E-state index in [0.717, 1.165) is 12.1 Å². The molecule has 3 rings (SSSR count). The summed E-state index contributed by atoms with van der Waals surface area (Å²) >= 11 is 0. The third-order valence-electron chi connectivity index (χ3n) is 3.74. The van der Waals surface area contributed by atoms with Crippen LogP contribution >= 0.6 is 0 Å². The van der Waals surface area contributed by atoms with Crippen LogP contribution in [0.25, 0.3) is 0 Å². The van der Waals surface area contributed by atoms with Gasteiger partial charge in [0, 0.05) is 7.05 Å². The van der Waals surface area contributed by atoms with Gasteiger partial charge in [-0.1, -0.05) is 35.5 Å². The lowest BCUT2D eigenvalue weighted by molar-refractivity contribution is 0.454. The highest BCUT2D eigenvalue weighted by Crippen LogP contribution is 2.53. The number of aromatic nitrogens is 3. The van der Waals surface area contributed by atoms with E-state index < -0.39 is 0 Å². The Labute approximate surface area is 106 Å². The van der Waals surface area contributed by atoms with Crippen LogP contribution in [-0.2, 0) is 7.05 Å². The topological polar surface area (TPSA) is 68.8 Å². The molecule has 0 saturated heterocycles. The van der Waals surface area contributed by atoms with Crippen LogP contribution in [0.5, 0.6) is 0 Å². The molecule has 18 heavy (non-hydrogen) atoms. The lowest BCUT2D eigenvalue weighted by Crippen LogP contribution is -2.31. The molecular formula is C13H17N5. The number of benzene rings is 1. The molecule has 1 aromatic heterocycles. The zero-order chi connectivity index (χ0) is 12.5. The summed E-state index contributed by atoms with van der Waals surface area (Å²) in [6, 6.07) is 10.7. The highest BCUT2D eigenvalue weighted by Gasteiger charge is 2.45. The van der Waals surface area contributed by atoms with Crippen LogP contribution in [0.4, 0.5) is 0 Å². The lowest BCUT2D eigenvalue weighted by Gasteiger charge is -2.15. The Bertz CT molecular complexity index is 521. The highest BCUT2D eigenvalue weighted by molar-refractivity contribution is 5.28. The Balaban J connectivity index is 1.79. The number of nitrogens with zero attached hydrogens (tertiary/aromatic N) is 3. The monoisotopic (exact) mass is 243 g/mol. The van der Waals surface area contributed by atoms with Crippen LogP contribution in [0.3, 0.4) is 0 Å². The van der Waals surface area contributed by atoms with Crippen molar-refractivity contribution in [2.24, 2.45) is 18.8 Å². The molecule has 0 radical (unpaired) electrons. The second-order valence-electron chi connectivity index (χ2n) is 4.84. The first-order chi connectivity index (χ1) is 8.81. The van der Waals surface area contributed by atoms with E-state index in [0.29, 0.717) is 11.8 Å². The number of rotatable bonds is 4. The third kappa shape index (κ3) is 1.91. The minimum atomic E-state index is 0.121. The second-order valence-corrected chi connectivity index (χ2v) is 4.84. The van der Waals surface area contributed by atoms with Crippen LogP contribution in [0.2, 0.25) is 0 Å². The molecule has 94 valence electrons. The molecule has 3 unspecified atom stereocenters. The van der Waals surface area contributed by atoms with Crippen molar-refractivity contribution in [3.8, 4) is 0 Å². The van der Waals surface area contributed by atoms with E-state index in [1.54, 1.807) is 10.9 Å². The first-order valence-electron chi connectivity index (χ1n) is 6.17. The van der Waals surface area contributed by atoms with E-state index in [1.807, 2.05) is 13.1 Å². The van der Waals surface area contributed by atoms with Crippen LogP contribution in [0.15, 0.2) is 36.5 Å². The summed E-state index contributed by atoms with van der Waals surface area (Å²) in [5.41, 5.74) is 5.34. The van der Waals surface area contributed by atoms with Crippen LogP contribution in [-0.4, -0.2) is 15.0 Å². The SMILES string of the molecule is Cn1nncc1C(NN)C1CC1c1ccccc1. The van der Waals surface area contributed by atoms with E-state index in [-0.39, 0.29) is 6.04 Å². The van der Waals surface area contributed by atoms with Crippen molar-refractivity contribution >= 4 is 0 Å². The first-order valence-corrected chi connectivity index (χ1v) is 6.17. The van der Waals surface area contributed by atoms with E-state index in [4.69, 9.17) is 5.84 Å². The third-order valence-corrected chi connectivity index (χ3v) is 3.74. The van der Waals surface area contributed by atoms with Gasteiger partial charge >= 0.3 is 0 Å². The molecule has 3 atom stereocenters. The van der Waals surface area contributed by atoms with E-state index in [1.165, 1.54) is 5.56 Å². The van der Waals surface area contributed by atoms with Crippen molar-refractivity contribution in [3.63, 3.8) is 0 Å². The Morgan fingerprint density at radius 2 is 2.17 bits per heavy atom. The summed E-state index contributed by atoms with van der Waals surface area (Å²) in [6.07, 6.45) is 2.94. The lowest BCUT2D eigenvalue weighted by atomic mass is 10.0. The standard InChI is InChI=1S/C13H17N5/c1-18-12(8-15-17-18)13(16-14)11-7-10(11)9-5-3-2-4-6-9/h2-6,8,10-11,13,16H,7,14H2,1H3. The summed E-state index contributed by atoms with van der Waals surface area (Å²) in [6.45, 7) is 0. The molecule has 2 aromatic rings. The van der Waals surface area contributed by atoms with E-state index in [2.05, 4.69) is 40.0 Å². The normalized spacial score (nSPS) is 23.9. The van der Waals surface area contributed by atoms with Gasteiger partial charge in [0.2, 0.25) is 0 Å². The maximum Gasteiger partial charge on any atom is 0.0769 e. The number of nitrogens with two attached hydrogens (primary N) is 1. The minimum Gasteiger partial charge on any atom is -0.271 e. The summed E-state index contributed by atoms with van der Waals surface area (Å²) in [7, 11) is 1.90. The number of hydrogen-bond donors (Lipinski definition) is 2. The van der Waals surface area contributed by atoms with Gasteiger partial charge in [0.25, 0.3) is 0 Å². The maximum atomic E-state index is 5.70. The summed E-state index contributed by atoms with van der Waals surface area (Å²) in [5.74, 6) is 6.80. The molecule has 1 saturated carbocycles. The quantitative estimate of drug-likeness (QED) is 0.624.